The second-order valence-corrected chi connectivity index (χ2v) is 11.2. The third kappa shape index (κ3) is 4.20. The van der Waals surface area contributed by atoms with Crippen molar-refractivity contribution in [2.75, 3.05) is 13.2 Å². The minimum Gasteiger partial charge on any atom is -0.463 e. The first-order chi connectivity index (χ1) is 12.3. The Morgan fingerprint density at radius 3 is 2.42 bits per heavy atom. The highest BCUT2D eigenvalue weighted by molar-refractivity contribution is 6.73. The number of hydrogen-bond acceptors (Lipinski definition) is 7. The Morgan fingerprint density at radius 1 is 1.38 bits per heavy atom. The van der Waals surface area contributed by atoms with Crippen LogP contribution in [0.25, 0.3) is 10.4 Å². The van der Waals surface area contributed by atoms with Crippen molar-refractivity contribution in [1.82, 2.24) is 0 Å². The van der Waals surface area contributed by atoms with Gasteiger partial charge in [-0.25, -0.2) is 9.59 Å². The summed E-state index contributed by atoms with van der Waals surface area (Å²) in [6.07, 6.45) is -0.968. The highest BCUT2D eigenvalue weighted by Gasteiger charge is 2.64. The van der Waals surface area contributed by atoms with Gasteiger partial charge in [0.15, 0.2) is 8.32 Å². The van der Waals surface area contributed by atoms with Gasteiger partial charge in [-0.05, 0) is 30.6 Å². The molecule has 0 aliphatic carbocycles. The van der Waals surface area contributed by atoms with Gasteiger partial charge in [-0.15, -0.1) is 0 Å². The van der Waals surface area contributed by atoms with Gasteiger partial charge < -0.3 is 19.0 Å². The third-order valence-electron chi connectivity index (χ3n) is 5.29. The lowest BCUT2D eigenvalue weighted by molar-refractivity contribution is -0.177. The van der Waals surface area contributed by atoms with E-state index in [-0.39, 0.29) is 13.2 Å². The molecule has 0 aromatic rings. The number of cyclic esters (lactones) is 1. The van der Waals surface area contributed by atoms with Crippen molar-refractivity contribution in [3.63, 3.8) is 0 Å². The zero-order valence-corrected chi connectivity index (χ0v) is 17.1. The van der Waals surface area contributed by atoms with E-state index in [0.29, 0.717) is 0 Å². The maximum atomic E-state index is 12.3. The second kappa shape index (κ2) is 9.36. The number of ether oxygens (including phenoxy) is 2. The number of hydrogen-bond donors (Lipinski definition) is 1. The molecule has 1 aliphatic rings. The lowest BCUT2D eigenvalue weighted by Crippen LogP contribution is -2.54. The molecule has 9 nitrogen and oxygen atoms in total. The molecule has 4 atom stereocenters. The molecule has 10 heteroatoms. The molecular formula is C16H29N3O6Si. The van der Waals surface area contributed by atoms with Crippen LogP contribution in [0.2, 0.25) is 18.1 Å². The molecule has 26 heavy (non-hydrogen) atoms. The van der Waals surface area contributed by atoms with Gasteiger partial charge in [0.2, 0.25) is 0 Å². The van der Waals surface area contributed by atoms with Crippen LogP contribution in [0.5, 0.6) is 0 Å². The van der Waals surface area contributed by atoms with Gasteiger partial charge in [0.25, 0.3) is 5.60 Å². The SMILES string of the molecule is CCOC(=O)[C@]1(O)C(=O)O[C@@H]([C@@H](C)N=[N+]=[N-])[C@@H]1CO[Si](CC)(CC)CC. The molecule has 0 spiro atoms. The Morgan fingerprint density at radius 2 is 1.96 bits per heavy atom. The predicted octanol–water partition coefficient (Wildman–Crippen LogP) is 2.54. The molecule has 1 N–H and O–H groups in total. The molecule has 1 aliphatic heterocycles. The summed E-state index contributed by atoms with van der Waals surface area (Å²) in [6, 6.07) is 1.85. The first-order valence-corrected chi connectivity index (χ1v) is 11.6. The topological polar surface area (TPSA) is 131 Å². The molecule has 1 fully saturated rings. The van der Waals surface area contributed by atoms with Crippen LogP contribution >= 0.6 is 0 Å². The first-order valence-electron chi connectivity index (χ1n) is 9.05. The molecule has 148 valence electrons. The highest BCUT2D eigenvalue weighted by Crippen LogP contribution is 2.38. The van der Waals surface area contributed by atoms with E-state index in [9.17, 15) is 14.7 Å². The van der Waals surface area contributed by atoms with Crippen LogP contribution in [0.3, 0.4) is 0 Å². The van der Waals surface area contributed by atoms with Crippen LogP contribution in [0.15, 0.2) is 5.11 Å². The van der Waals surface area contributed by atoms with Crippen molar-refractivity contribution >= 4 is 20.3 Å². The Hall–Kier alpha value is -1.61. The van der Waals surface area contributed by atoms with Gasteiger partial charge in [0.1, 0.15) is 6.10 Å². The van der Waals surface area contributed by atoms with Crippen molar-refractivity contribution in [2.24, 2.45) is 11.0 Å². The number of nitrogens with zero attached hydrogens (tertiary/aromatic N) is 3. The monoisotopic (exact) mass is 387 g/mol. The number of azide groups is 1. The second-order valence-electron chi connectivity index (χ2n) is 6.46. The summed E-state index contributed by atoms with van der Waals surface area (Å²) in [7, 11) is -2.04. The number of aliphatic hydroxyl groups is 1. The molecule has 0 radical (unpaired) electrons. The van der Waals surface area contributed by atoms with E-state index in [1.807, 2.05) is 20.8 Å². The van der Waals surface area contributed by atoms with Gasteiger partial charge in [-0.3, -0.25) is 0 Å². The van der Waals surface area contributed by atoms with Crippen LogP contribution < -0.4 is 0 Å². The van der Waals surface area contributed by atoms with Crippen molar-refractivity contribution in [2.45, 2.75) is 70.5 Å². The fourth-order valence-corrected chi connectivity index (χ4v) is 5.93. The summed E-state index contributed by atoms with van der Waals surface area (Å²) in [5, 5.41) is 14.4. The number of carbonyl (C=O) groups excluding carboxylic acids is 2. The quantitative estimate of drug-likeness (QED) is 0.153. The molecule has 1 heterocycles. The van der Waals surface area contributed by atoms with E-state index in [0.717, 1.165) is 18.1 Å². The van der Waals surface area contributed by atoms with Gasteiger partial charge in [0.05, 0.1) is 18.6 Å². The fourth-order valence-electron chi connectivity index (χ4n) is 3.28. The molecule has 0 aromatic carbocycles. The molecule has 1 saturated heterocycles. The summed E-state index contributed by atoms with van der Waals surface area (Å²) in [6.45, 7) is 9.25. The van der Waals surface area contributed by atoms with Crippen LogP contribution in [0, 0.1) is 5.92 Å². The van der Waals surface area contributed by atoms with Crippen LogP contribution in [0.1, 0.15) is 34.6 Å². The molecule has 0 unspecified atom stereocenters. The van der Waals surface area contributed by atoms with Gasteiger partial charge in [-0.2, -0.15) is 0 Å². The molecule has 0 bridgehead atoms. The van der Waals surface area contributed by atoms with E-state index < -0.39 is 43.9 Å². The average molecular weight is 388 g/mol. The molecule has 0 saturated carbocycles. The van der Waals surface area contributed by atoms with Gasteiger partial charge in [0, 0.05) is 11.5 Å². The summed E-state index contributed by atoms with van der Waals surface area (Å²) in [4.78, 5) is 27.4. The van der Waals surface area contributed by atoms with Crippen molar-refractivity contribution in [3.05, 3.63) is 10.4 Å². The first kappa shape index (κ1) is 22.4. The average Bonchev–Trinajstić information content (AvgIpc) is 2.89. The molecule has 0 aromatic heterocycles. The Kier molecular flexibility index (Phi) is 8.07. The number of carbonyl (C=O) groups is 2. The maximum absolute atomic E-state index is 12.3. The van der Waals surface area contributed by atoms with Crippen LogP contribution in [0.4, 0.5) is 0 Å². The van der Waals surface area contributed by atoms with Crippen molar-refractivity contribution < 1.29 is 28.6 Å². The minimum absolute atomic E-state index is 0.0101. The summed E-state index contributed by atoms with van der Waals surface area (Å²) < 4.78 is 16.3. The number of rotatable bonds is 10. The van der Waals surface area contributed by atoms with E-state index >= 15 is 0 Å². The Bertz CT molecular complexity index is 556. The van der Waals surface area contributed by atoms with Gasteiger partial charge in [-0.1, -0.05) is 32.8 Å². The van der Waals surface area contributed by atoms with Crippen molar-refractivity contribution in [1.29, 1.82) is 0 Å². The standard InChI is InChI=1S/C16H29N3O6Si/c1-6-23-14(20)16(22)12(10-24-26(7-2,8-3)9-4)13(25-15(16)21)11(5)18-19-17/h11-13,22H,6-10H2,1-5H3/t11-,12+,13+,16+/m1/s1. The summed E-state index contributed by atoms with van der Waals surface area (Å²) in [5.41, 5.74) is 6.22. The predicted molar refractivity (Wildman–Crippen MR) is 96.7 cm³/mol. The number of esters is 2. The largest absolute Gasteiger partial charge is 0.463 e. The summed E-state index contributed by atoms with van der Waals surface area (Å²) >= 11 is 0. The summed E-state index contributed by atoms with van der Waals surface area (Å²) in [5.74, 6) is -3.16. The fraction of sp³-hybridized carbons (Fsp3) is 0.875. The molecule has 1 rings (SSSR count). The lowest BCUT2D eigenvalue weighted by atomic mass is 9.84. The van der Waals surface area contributed by atoms with E-state index in [2.05, 4.69) is 10.0 Å². The van der Waals surface area contributed by atoms with E-state index in [4.69, 9.17) is 19.4 Å². The van der Waals surface area contributed by atoms with Gasteiger partial charge >= 0.3 is 11.9 Å². The normalized spacial score (nSPS) is 26.8. The molecular weight excluding hydrogens is 358 g/mol. The van der Waals surface area contributed by atoms with Crippen molar-refractivity contribution in [3.8, 4) is 0 Å². The van der Waals surface area contributed by atoms with Crippen LogP contribution in [-0.4, -0.2) is 56.3 Å². The third-order valence-corrected chi connectivity index (χ3v) is 9.93. The zero-order chi connectivity index (χ0) is 20.0. The lowest BCUT2D eigenvalue weighted by Gasteiger charge is -2.33. The minimum atomic E-state index is -2.46. The Labute approximate surface area is 154 Å². The maximum Gasteiger partial charge on any atom is 0.350 e. The van der Waals surface area contributed by atoms with Crippen LogP contribution in [-0.2, 0) is 23.5 Å². The van der Waals surface area contributed by atoms with E-state index in [1.165, 1.54) is 0 Å². The Balaban J connectivity index is 3.22. The zero-order valence-electron chi connectivity index (χ0n) is 16.1. The smallest absolute Gasteiger partial charge is 0.350 e. The molecule has 0 amide bonds. The highest BCUT2D eigenvalue weighted by atomic mass is 28.4. The van der Waals surface area contributed by atoms with E-state index in [1.54, 1.807) is 13.8 Å².